The third-order valence-corrected chi connectivity index (χ3v) is 9.89. The molecule has 6 rings (SSSR count). The standard InChI is InChI=1S/C28H31ClN6O2S/c1-34-26(37)22(38-20-8-4-7-19(21(20)29)25(36)32-17-9-10-17)24(31)33-27(34)35-13-11-28(12-14-35)15-16-5-2-3-6-18(16)23(28)30/h2-8,17,23H,9-15,30-31H2,1H3,(H,32,36)/t23-/m1/s1. The highest BCUT2D eigenvalue weighted by Crippen LogP contribution is 2.51. The third kappa shape index (κ3) is 4.36. The van der Waals surface area contributed by atoms with Crippen molar-refractivity contribution in [2.24, 2.45) is 18.2 Å². The summed E-state index contributed by atoms with van der Waals surface area (Å²) in [4.78, 5) is 33.7. The molecule has 1 atom stereocenters. The first-order chi connectivity index (χ1) is 18.3. The number of hydrogen-bond acceptors (Lipinski definition) is 7. The van der Waals surface area contributed by atoms with Crippen LogP contribution < -0.4 is 27.2 Å². The normalized spacial score (nSPS) is 20.0. The lowest BCUT2D eigenvalue weighted by atomic mass is 9.73. The van der Waals surface area contributed by atoms with Gasteiger partial charge in [0.25, 0.3) is 11.5 Å². The number of benzene rings is 2. The predicted molar refractivity (Wildman–Crippen MR) is 151 cm³/mol. The van der Waals surface area contributed by atoms with Gasteiger partial charge in [-0.1, -0.05) is 53.7 Å². The maximum atomic E-state index is 13.4. The van der Waals surface area contributed by atoms with Crippen molar-refractivity contribution in [3.05, 3.63) is 74.5 Å². The molecule has 2 heterocycles. The van der Waals surface area contributed by atoms with Crippen LogP contribution in [0.15, 0.2) is 57.1 Å². The van der Waals surface area contributed by atoms with E-state index >= 15 is 0 Å². The monoisotopic (exact) mass is 550 g/mol. The molecule has 1 spiro atoms. The Morgan fingerprint density at radius 3 is 2.61 bits per heavy atom. The number of nitrogen functional groups attached to an aromatic ring is 1. The summed E-state index contributed by atoms with van der Waals surface area (Å²) in [5.74, 6) is 0.504. The molecule has 1 saturated carbocycles. The maximum absolute atomic E-state index is 13.4. The number of nitrogens with zero attached hydrogens (tertiary/aromatic N) is 3. The van der Waals surface area contributed by atoms with Crippen LogP contribution in [-0.4, -0.2) is 34.6 Å². The minimum atomic E-state index is -0.244. The molecule has 1 saturated heterocycles. The molecule has 198 valence electrons. The fraction of sp³-hybridized carbons (Fsp3) is 0.393. The zero-order valence-electron chi connectivity index (χ0n) is 21.2. The Hall–Kier alpha value is -3.01. The molecular formula is C28H31ClN6O2S. The second kappa shape index (κ2) is 9.63. The molecule has 5 N–H and O–H groups in total. The van der Waals surface area contributed by atoms with Gasteiger partial charge in [-0.2, -0.15) is 4.98 Å². The summed E-state index contributed by atoms with van der Waals surface area (Å²) in [6, 6.07) is 13.9. The molecule has 1 aliphatic heterocycles. The Kier molecular flexibility index (Phi) is 6.40. The first-order valence-corrected chi connectivity index (χ1v) is 14.2. The molecule has 3 aromatic rings. The van der Waals surface area contributed by atoms with E-state index in [1.807, 2.05) is 0 Å². The number of amides is 1. The van der Waals surface area contributed by atoms with Gasteiger partial charge in [0.05, 0.1) is 10.6 Å². The fourth-order valence-corrected chi connectivity index (χ4v) is 7.06. The summed E-state index contributed by atoms with van der Waals surface area (Å²) in [7, 11) is 1.72. The summed E-state index contributed by atoms with van der Waals surface area (Å²) in [6.45, 7) is 1.50. The van der Waals surface area contributed by atoms with Crippen molar-refractivity contribution in [2.45, 2.75) is 54.0 Å². The minimum absolute atomic E-state index is 0.0216. The highest BCUT2D eigenvalue weighted by molar-refractivity contribution is 7.99. The predicted octanol–water partition coefficient (Wildman–Crippen LogP) is 3.90. The van der Waals surface area contributed by atoms with Gasteiger partial charge in [0, 0.05) is 37.1 Å². The zero-order chi connectivity index (χ0) is 26.6. The highest BCUT2D eigenvalue weighted by atomic mass is 35.5. The van der Waals surface area contributed by atoms with E-state index in [9.17, 15) is 9.59 Å². The van der Waals surface area contributed by atoms with E-state index in [1.54, 1.807) is 29.8 Å². The molecule has 0 radical (unpaired) electrons. The van der Waals surface area contributed by atoms with Crippen LogP contribution in [0.2, 0.25) is 5.02 Å². The van der Waals surface area contributed by atoms with E-state index < -0.39 is 0 Å². The van der Waals surface area contributed by atoms with Gasteiger partial charge in [-0.3, -0.25) is 14.2 Å². The Bertz CT molecular complexity index is 1480. The lowest BCUT2D eigenvalue weighted by Crippen LogP contribution is -2.46. The summed E-state index contributed by atoms with van der Waals surface area (Å²) in [6.07, 6.45) is 4.79. The topological polar surface area (TPSA) is 119 Å². The molecule has 2 aliphatic carbocycles. The van der Waals surface area contributed by atoms with Crippen LogP contribution in [0.25, 0.3) is 0 Å². The fourth-order valence-electron chi connectivity index (χ4n) is 5.79. The SMILES string of the molecule is Cn1c(N2CCC3(CC2)Cc2ccccc2[C@H]3N)nc(N)c(Sc2cccc(C(=O)NC3CC3)c2Cl)c1=O. The van der Waals surface area contributed by atoms with E-state index in [0.29, 0.717) is 26.3 Å². The summed E-state index contributed by atoms with van der Waals surface area (Å²) >= 11 is 7.73. The molecule has 8 nitrogen and oxygen atoms in total. The highest BCUT2D eigenvalue weighted by Gasteiger charge is 2.46. The molecule has 10 heteroatoms. The van der Waals surface area contributed by atoms with Crippen LogP contribution in [0.5, 0.6) is 0 Å². The minimum Gasteiger partial charge on any atom is -0.382 e. The van der Waals surface area contributed by atoms with E-state index in [1.165, 1.54) is 11.1 Å². The van der Waals surface area contributed by atoms with E-state index in [-0.39, 0.29) is 34.8 Å². The van der Waals surface area contributed by atoms with Crippen molar-refractivity contribution >= 4 is 41.0 Å². The zero-order valence-corrected chi connectivity index (χ0v) is 22.8. The van der Waals surface area contributed by atoms with Gasteiger partial charge in [-0.05, 0) is 60.8 Å². The molecule has 2 fully saturated rings. The number of rotatable bonds is 5. The van der Waals surface area contributed by atoms with Gasteiger partial charge in [0.2, 0.25) is 5.95 Å². The quantitative estimate of drug-likeness (QED) is 0.440. The van der Waals surface area contributed by atoms with Crippen molar-refractivity contribution in [3.63, 3.8) is 0 Å². The molecule has 1 amide bonds. The van der Waals surface area contributed by atoms with E-state index in [0.717, 1.165) is 57.0 Å². The number of nitrogens with one attached hydrogen (secondary N) is 1. The molecule has 0 bridgehead atoms. The largest absolute Gasteiger partial charge is 0.382 e. The first-order valence-electron chi connectivity index (χ1n) is 13.0. The summed E-state index contributed by atoms with van der Waals surface area (Å²) in [5, 5.41) is 3.26. The number of halogens is 1. The number of piperidine rings is 1. The van der Waals surface area contributed by atoms with Gasteiger partial charge in [-0.15, -0.1) is 0 Å². The van der Waals surface area contributed by atoms with Crippen LogP contribution in [-0.2, 0) is 13.5 Å². The second-order valence-electron chi connectivity index (χ2n) is 10.7. The Morgan fingerprint density at radius 2 is 1.89 bits per heavy atom. The molecule has 0 unspecified atom stereocenters. The van der Waals surface area contributed by atoms with Gasteiger partial charge in [0.15, 0.2) is 0 Å². The lowest BCUT2D eigenvalue weighted by Gasteiger charge is -2.42. The first kappa shape index (κ1) is 25.3. The van der Waals surface area contributed by atoms with Gasteiger partial charge < -0.3 is 21.7 Å². The van der Waals surface area contributed by atoms with Crippen LogP contribution in [0, 0.1) is 5.41 Å². The Labute approximate surface area is 230 Å². The molecule has 1 aromatic heterocycles. The second-order valence-corrected chi connectivity index (χ2v) is 12.1. The number of anilines is 2. The third-order valence-electron chi connectivity index (χ3n) is 8.22. The average molecular weight is 551 g/mol. The number of carbonyl (C=O) groups is 1. The van der Waals surface area contributed by atoms with Crippen LogP contribution in [0.3, 0.4) is 0 Å². The molecule has 2 aromatic carbocycles. The molecule has 38 heavy (non-hydrogen) atoms. The van der Waals surface area contributed by atoms with Crippen molar-refractivity contribution in [3.8, 4) is 0 Å². The summed E-state index contributed by atoms with van der Waals surface area (Å²) in [5.41, 5.74) is 15.9. The number of carbonyl (C=O) groups excluding carboxylic acids is 1. The number of aromatic nitrogens is 2. The Morgan fingerprint density at radius 1 is 1.16 bits per heavy atom. The van der Waals surface area contributed by atoms with Gasteiger partial charge in [0.1, 0.15) is 10.7 Å². The number of fused-ring (bicyclic) bond motifs is 1. The average Bonchev–Trinajstić information content (AvgIpc) is 3.69. The smallest absolute Gasteiger partial charge is 0.270 e. The van der Waals surface area contributed by atoms with Crippen molar-refractivity contribution < 1.29 is 4.79 Å². The maximum Gasteiger partial charge on any atom is 0.270 e. The number of hydrogen-bond donors (Lipinski definition) is 3. The Balaban J connectivity index is 1.21. The van der Waals surface area contributed by atoms with Crippen LogP contribution in [0.4, 0.5) is 11.8 Å². The van der Waals surface area contributed by atoms with Crippen LogP contribution >= 0.6 is 23.4 Å². The lowest BCUT2D eigenvalue weighted by molar-refractivity contribution is 0.0951. The van der Waals surface area contributed by atoms with Gasteiger partial charge >= 0.3 is 0 Å². The van der Waals surface area contributed by atoms with Crippen LogP contribution in [0.1, 0.15) is 53.2 Å². The van der Waals surface area contributed by atoms with Crippen molar-refractivity contribution in [1.82, 2.24) is 14.9 Å². The summed E-state index contributed by atoms with van der Waals surface area (Å²) < 4.78 is 1.55. The van der Waals surface area contributed by atoms with E-state index in [4.69, 9.17) is 23.1 Å². The molecular weight excluding hydrogens is 520 g/mol. The van der Waals surface area contributed by atoms with Crippen molar-refractivity contribution in [1.29, 1.82) is 0 Å². The number of nitrogens with two attached hydrogens (primary N) is 2. The molecule has 3 aliphatic rings. The van der Waals surface area contributed by atoms with Crippen molar-refractivity contribution in [2.75, 3.05) is 23.7 Å². The van der Waals surface area contributed by atoms with Gasteiger partial charge in [-0.25, -0.2) is 0 Å². The van der Waals surface area contributed by atoms with E-state index in [2.05, 4.69) is 39.5 Å².